The normalized spacial score (nSPS) is 10.3. The SMILES string of the molecule is NC(=O)c1ccc(Cl)c(NCc2cccc(Cl)c2F)c1. The van der Waals surface area contributed by atoms with Gasteiger partial charge in [-0.1, -0.05) is 35.3 Å². The number of amides is 1. The van der Waals surface area contributed by atoms with Crippen molar-refractivity contribution in [3.63, 3.8) is 0 Å². The summed E-state index contributed by atoms with van der Waals surface area (Å²) in [6, 6.07) is 9.34. The lowest BCUT2D eigenvalue weighted by molar-refractivity contribution is 0.100. The van der Waals surface area contributed by atoms with Gasteiger partial charge >= 0.3 is 0 Å². The zero-order valence-corrected chi connectivity index (χ0v) is 11.8. The molecule has 0 aliphatic carbocycles. The molecule has 0 aromatic heterocycles. The Hall–Kier alpha value is -1.78. The molecule has 2 rings (SSSR count). The molecule has 0 atom stereocenters. The third kappa shape index (κ3) is 3.21. The summed E-state index contributed by atoms with van der Waals surface area (Å²) in [6.45, 7) is 0.189. The van der Waals surface area contributed by atoms with E-state index in [1.54, 1.807) is 18.2 Å². The third-order valence-corrected chi connectivity index (χ3v) is 3.37. The predicted molar refractivity (Wildman–Crippen MR) is 78.7 cm³/mol. The maximum Gasteiger partial charge on any atom is 0.248 e. The topological polar surface area (TPSA) is 55.1 Å². The number of halogens is 3. The van der Waals surface area contributed by atoms with Gasteiger partial charge in [0.25, 0.3) is 0 Å². The maximum atomic E-state index is 13.7. The Morgan fingerprint density at radius 3 is 2.65 bits per heavy atom. The van der Waals surface area contributed by atoms with Gasteiger partial charge in [0, 0.05) is 17.7 Å². The fourth-order valence-corrected chi connectivity index (χ4v) is 2.07. The van der Waals surface area contributed by atoms with Crippen molar-refractivity contribution < 1.29 is 9.18 Å². The second-order valence-corrected chi connectivity index (χ2v) is 4.94. The highest BCUT2D eigenvalue weighted by atomic mass is 35.5. The van der Waals surface area contributed by atoms with Crippen molar-refractivity contribution in [1.82, 2.24) is 0 Å². The van der Waals surface area contributed by atoms with Crippen LogP contribution in [0.4, 0.5) is 10.1 Å². The molecule has 2 aromatic carbocycles. The number of nitrogens with two attached hydrogens (primary N) is 1. The molecule has 0 unspecified atom stereocenters. The Labute approximate surface area is 125 Å². The molecular weight excluding hydrogens is 302 g/mol. The van der Waals surface area contributed by atoms with Gasteiger partial charge in [-0.05, 0) is 24.3 Å². The van der Waals surface area contributed by atoms with Crippen molar-refractivity contribution in [3.8, 4) is 0 Å². The van der Waals surface area contributed by atoms with Crippen molar-refractivity contribution in [2.24, 2.45) is 5.73 Å². The van der Waals surface area contributed by atoms with Crippen LogP contribution in [-0.4, -0.2) is 5.91 Å². The first-order valence-corrected chi connectivity index (χ1v) is 6.50. The highest BCUT2D eigenvalue weighted by Gasteiger charge is 2.09. The fraction of sp³-hybridized carbons (Fsp3) is 0.0714. The number of primary amides is 1. The second kappa shape index (κ2) is 6.11. The van der Waals surface area contributed by atoms with Gasteiger partial charge in [-0.3, -0.25) is 4.79 Å². The molecule has 0 fully saturated rings. The van der Waals surface area contributed by atoms with E-state index < -0.39 is 11.7 Å². The monoisotopic (exact) mass is 312 g/mol. The number of hydrogen-bond acceptors (Lipinski definition) is 2. The Morgan fingerprint density at radius 2 is 1.95 bits per heavy atom. The van der Waals surface area contributed by atoms with Crippen LogP contribution in [0.25, 0.3) is 0 Å². The van der Waals surface area contributed by atoms with Crippen LogP contribution in [0.15, 0.2) is 36.4 Å². The molecule has 3 nitrogen and oxygen atoms in total. The number of carbonyl (C=O) groups excluding carboxylic acids is 1. The molecular formula is C14H11Cl2FN2O. The summed E-state index contributed by atoms with van der Waals surface area (Å²) in [5.74, 6) is -1.04. The van der Waals surface area contributed by atoms with Crippen molar-refractivity contribution in [2.75, 3.05) is 5.32 Å². The first-order chi connectivity index (χ1) is 9.49. The Balaban J connectivity index is 2.20. The van der Waals surface area contributed by atoms with Crippen LogP contribution in [0.3, 0.4) is 0 Å². The molecule has 0 radical (unpaired) electrons. The van der Waals surface area contributed by atoms with E-state index in [4.69, 9.17) is 28.9 Å². The summed E-state index contributed by atoms with van der Waals surface area (Å²) >= 11 is 11.7. The summed E-state index contributed by atoms with van der Waals surface area (Å²) in [6.07, 6.45) is 0. The van der Waals surface area contributed by atoms with Gasteiger partial charge in [-0.2, -0.15) is 0 Å². The zero-order valence-electron chi connectivity index (χ0n) is 10.3. The van der Waals surface area contributed by atoms with Crippen molar-refractivity contribution in [1.29, 1.82) is 0 Å². The van der Waals surface area contributed by atoms with E-state index >= 15 is 0 Å². The molecule has 6 heteroatoms. The molecule has 0 spiro atoms. The van der Waals surface area contributed by atoms with Crippen LogP contribution in [0.2, 0.25) is 10.0 Å². The lowest BCUT2D eigenvalue weighted by atomic mass is 10.1. The number of anilines is 1. The van der Waals surface area contributed by atoms with Crippen molar-refractivity contribution in [2.45, 2.75) is 6.54 Å². The quantitative estimate of drug-likeness (QED) is 0.901. The van der Waals surface area contributed by atoms with E-state index in [1.807, 2.05) is 0 Å². The van der Waals surface area contributed by atoms with E-state index in [1.165, 1.54) is 18.2 Å². The molecule has 3 N–H and O–H groups in total. The summed E-state index contributed by atoms with van der Waals surface area (Å²) < 4.78 is 13.7. The minimum absolute atomic E-state index is 0.0567. The summed E-state index contributed by atoms with van der Waals surface area (Å²) in [4.78, 5) is 11.1. The van der Waals surface area contributed by atoms with E-state index in [0.29, 0.717) is 21.8 Å². The highest BCUT2D eigenvalue weighted by Crippen LogP contribution is 2.25. The minimum atomic E-state index is -0.557. The van der Waals surface area contributed by atoms with Crippen molar-refractivity contribution >= 4 is 34.8 Å². The van der Waals surface area contributed by atoms with Crippen LogP contribution in [-0.2, 0) is 6.54 Å². The number of rotatable bonds is 4. The van der Waals surface area contributed by atoms with Gasteiger partial charge < -0.3 is 11.1 Å². The molecule has 104 valence electrons. The van der Waals surface area contributed by atoms with E-state index in [9.17, 15) is 9.18 Å². The molecule has 20 heavy (non-hydrogen) atoms. The van der Waals surface area contributed by atoms with E-state index in [2.05, 4.69) is 5.32 Å². The lowest BCUT2D eigenvalue weighted by Gasteiger charge is -2.10. The first-order valence-electron chi connectivity index (χ1n) is 5.75. The molecule has 0 aliphatic heterocycles. The minimum Gasteiger partial charge on any atom is -0.380 e. The summed E-state index contributed by atoms with van der Waals surface area (Å²) in [5.41, 5.74) is 6.42. The number of hydrogen-bond donors (Lipinski definition) is 2. The molecule has 0 aliphatic rings. The largest absolute Gasteiger partial charge is 0.380 e. The van der Waals surface area contributed by atoms with E-state index in [0.717, 1.165) is 0 Å². The average Bonchev–Trinajstić information content (AvgIpc) is 2.41. The standard InChI is InChI=1S/C14H11Cl2FN2O/c15-10-5-4-8(14(18)20)6-12(10)19-7-9-2-1-3-11(16)13(9)17/h1-6,19H,7H2,(H2,18,20). The molecule has 0 saturated carbocycles. The van der Waals surface area contributed by atoms with E-state index in [-0.39, 0.29) is 11.6 Å². The van der Waals surface area contributed by atoms with Crippen LogP contribution < -0.4 is 11.1 Å². The molecule has 0 bridgehead atoms. The summed E-state index contributed by atoms with van der Waals surface area (Å²) in [5, 5.41) is 3.43. The maximum absolute atomic E-state index is 13.7. The first kappa shape index (κ1) is 14.6. The highest BCUT2D eigenvalue weighted by molar-refractivity contribution is 6.33. The van der Waals surface area contributed by atoms with Gasteiger partial charge in [-0.25, -0.2) is 4.39 Å². The smallest absolute Gasteiger partial charge is 0.248 e. The van der Waals surface area contributed by atoms with Gasteiger partial charge in [0.2, 0.25) is 5.91 Å². The third-order valence-electron chi connectivity index (χ3n) is 2.75. The number of carbonyl (C=O) groups is 1. The number of benzene rings is 2. The molecule has 0 heterocycles. The van der Waals surface area contributed by atoms with Gasteiger partial charge in [0.05, 0.1) is 15.7 Å². The molecule has 2 aromatic rings. The van der Waals surface area contributed by atoms with Crippen LogP contribution in [0, 0.1) is 5.82 Å². The van der Waals surface area contributed by atoms with Crippen molar-refractivity contribution in [3.05, 3.63) is 63.4 Å². The zero-order chi connectivity index (χ0) is 14.7. The number of nitrogens with one attached hydrogen (secondary N) is 1. The molecule has 1 amide bonds. The average molecular weight is 313 g/mol. The second-order valence-electron chi connectivity index (χ2n) is 4.13. The Bertz CT molecular complexity index is 662. The van der Waals surface area contributed by atoms with Gasteiger partial charge in [0.1, 0.15) is 5.82 Å². The van der Waals surface area contributed by atoms with Crippen LogP contribution in [0.5, 0.6) is 0 Å². The van der Waals surface area contributed by atoms with Crippen LogP contribution in [0.1, 0.15) is 15.9 Å². The fourth-order valence-electron chi connectivity index (χ4n) is 1.69. The van der Waals surface area contributed by atoms with Crippen LogP contribution >= 0.6 is 23.2 Å². The lowest BCUT2D eigenvalue weighted by Crippen LogP contribution is -2.11. The molecule has 0 saturated heterocycles. The Kier molecular flexibility index (Phi) is 4.47. The summed E-state index contributed by atoms with van der Waals surface area (Å²) in [7, 11) is 0. The Morgan fingerprint density at radius 1 is 1.20 bits per heavy atom. The predicted octanol–water partition coefficient (Wildman–Crippen LogP) is 3.84. The van der Waals surface area contributed by atoms with Gasteiger partial charge in [-0.15, -0.1) is 0 Å². The van der Waals surface area contributed by atoms with Gasteiger partial charge in [0.15, 0.2) is 0 Å².